The molecule has 0 saturated heterocycles. The van der Waals surface area contributed by atoms with E-state index in [2.05, 4.69) is 4.98 Å². The Labute approximate surface area is 95.2 Å². The van der Waals surface area contributed by atoms with Crippen molar-refractivity contribution in [2.75, 3.05) is 7.11 Å². The maximum absolute atomic E-state index is 13.7. The van der Waals surface area contributed by atoms with Gasteiger partial charge in [0.2, 0.25) is 0 Å². The van der Waals surface area contributed by atoms with Crippen LogP contribution in [0.25, 0.3) is 10.9 Å². The van der Waals surface area contributed by atoms with Gasteiger partial charge in [-0.05, 0) is 0 Å². The number of hydrogen-bond donors (Lipinski definition) is 0. The number of hydrogen-bond acceptors (Lipinski definition) is 3. The average molecular weight is 243 g/mol. The summed E-state index contributed by atoms with van der Waals surface area (Å²) in [6.07, 6.45) is 1.37. The molecule has 0 aliphatic heterocycles. The van der Waals surface area contributed by atoms with Crippen molar-refractivity contribution in [3.8, 4) is 5.75 Å². The molecule has 16 heavy (non-hydrogen) atoms. The summed E-state index contributed by atoms with van der Waals surface area (Å²) in [5, 5.41) is 0.141. The Hall–Kier alpha value is -1.62. The molecular formula is C10H8ClFN2O2. The van der Waals surface area contributed by atoms with Crippen LogP contribution in [-0.2, 0) is 7.05 Å². The fraction of sp³-hybridized carbons (Fsp3) is 0.200. The molecule has 4 nitrogen and oxygen atoms in total. The lowest BCUT2D eigenvalue weighted by Gasteiger charge is -2.09. The van der Waals surface area contributed by atoms with Crippen LogP contribution in [0.5, 0.6) is 5.75 Å². The molecule has 0 unspecified atom stereocenters. The first-order valence-electron chi connectivity index (χ1n) is 4.44. The van der Waals surface area contributed by atoms with Crippen molar-refractivity contribution in [1.82, 2.24) is 9.55 Å². The molecule has 84 valence electrons. The summed E-state index contributed by atoms with van der Waals surface area (Å²) < 4.78 is 19.9. The average Bonchev–Trinajstić information content (AvgIpc) is 2.27. The second kappa shape index (κ2) is 3.75. The van der Waals surface area contributed by atoms with Gasteiger partial charge in [-0.2, -0.15) is 0 Å². The Kier molecular flexibility index (Phi) is 2.55. The molecule has 6 heteroatoms. The van der Waals surface area contributed by atoms with Crippen LogP contribution in [-0.4, -0.2) is 16.7 Å². The van der Waals surface area contributed by atoms with E-state index in [0.29, 0.717) is 5.39 Å². The van der Waals surface area contributed by atoms with Crippen molar-refractivity contribution in [3.63, 3.8) is 0 Å². The van der Waals surface area contributed by atoms with Gasteiger partial charge in [-0.25, -0.2) is 9.37 Å². The zero-order valence-corrected chi connectivity index (χ0v) is 9.38. The van der Waals surface area contributed by atoms with E-state index in [4.69, 9.17) is 16.3 Å². The number of ether oxygens (including phenoxy) is 1. The van der Waals surface area contributed by atoms with Crippen LogP contribution in [0, 0.1) is 5.82 Å². The predicted octanol–water partition coefficient (Wildman–Crippen LogP) is 1.73. The monoisotopic (exact) mass is 242 g/mol. The van der Waals surface area contributed by atoms with Crippen LogP contribution < -0.4 is 10.3 Å². The minimum atomic E-state index is -0.724. The number of halogens is 2. The molecule has 0 saturated carbocycles. The molecule has 2 aromatic rings. The summed E-state index contributed by atoms with van der Waals surface area (Å²) >= 11 is 5.57. The minimum Gasteiger partial charge on any atom is -0.496 e. The SMILES string of the molecule is COc1cc(=O)n(C)c2c(F)c(Cl)ncc12. The quantitative estimate of drug-likeness (QED) is 0.716. The lowest BCUT2D eigenvalue weighted by atomic mass is 10.2. The van der Waals surface area contributed by atoms with Crippen LogP contribution in [0.1, 0.15) is 0 Å². The van der Waals surface area contributed by atoms with E-state index in [1.54, 1.807) is 0 Å². The number of rotatable bonds is 1. The second-order valence-corrected chi connectivity index (χ2v) is 3.59. The van der Waals surface area contributed by atoms with Crippen molar-refractivity contribution in [2.45, 2.75) is 0 Å². The molecular weight excluding hydrogens is 235 g/mol. The number of aryl methyl sites for hydroxylation is 1. The molecule has 0 bridgehead atoms. The summed E-state index contributed by atoms with van der Waals surface area (Å²) in [5.74, 6) is -0.446. The van der Waals surface area contributed by atoms with Crippen molar-refractivity contribution in [2.24, 2.45) is 7.05 Å². The van der Waals surface area contributed by atoms with Crippen molar-refractivity contribution < 1.29 is 9.13 Å². The molecule has 2 heterocycles. The highest BCUT2D eigenvalue weighted by Crippen LogP contribution is 2.27. The first-order valence-corrected chi connectivity index (χ1v) is 4.81. The first kappa shape index (κ1) is 10.9. The van der Waals surface area contributed by atoms with Gasteiger partial charge in [-0.15, -0.1) is 0 Å². The number of methoxy groups -OCH3 is 1. The zero-order chi connectivity index (χ0) is 11.9. The van der Waals surface area contributed by atoms with Crippen LogP contribution in [0.15, 0.2) is 17.1 Å². The van der Waals surface area contributed by atoms with E-state index in [-0.39, 0.29) is 22.0 Å². The van der Waals surface area contributed by atoms with Gasteiger partial charge < -0.3 is 9.30 Å². The molecule has 2 rings (SSSR count). The largest absolute Gasteiger partial charge is 0.496 e. The van der Waals surface area contributed by atoms with Gasteiger partial charge in [-0.1, -0.05) is 11.6 Å². The molecule has 0 N–H and O–H groups in total. The topological polar surface area (TPSA) is 44.1 Å². The van der Waals surface area contributed by atoms with E-state index in [9.17, 15) is 9.18 Å². The van der Waals surface area contributed by atoms with Crippen molar-refractivity contribution >= 4 is 22.5 Å². The van der Waals surface area contributed by atoms with Gasteiger partial charge in [0.05, 0.1) is 18.0 Å². The van der Waals surface area contributed by atoms with Gasteiger partial charge in [0.25, 0.3) is 5.56 Å². The number of fused-ring (bicyclic) bond motifs is 1. The summed E-state index contributed by atoms with van der Waals surface area (Å²) in [6, 6.07) is 1.28. The van der Waals surface area contributed by atoms with Gasteiger partial charge >= 0.3 is 0 Å². The molecule has 0 aliphatic rings. The van der Waals surface area contributed by atoms with Crippen LogP contribution in [0.4, 0.5) is 4.39 Å². The molecule has 0 amide bonds. The maximum Gasteiger partial charge on any atom is 0.254 e. The van der Waals surface area contributed by atoms with E-state index >= 15 is 0 Å². The molecule has 0 atom stereocenters. The summed E-state index contributed by atoms with van der Waals surface area (Å²) in [7, 11) is 2.87. The smallest absolute Gasteiger partial charge is 0.254 e. The standard InChI is InChI=1S/C10H8ClFN2O2/c1-14-7(15)3-6(16-2)5-4-13-10(11)8(12)9(5)14/h3-4H,1-2H3. The summed E-state index contributed by atoms with van der Waals surface area (Å²) in [5.41, 5.74) is -0.283. The zero-order valence-electron chi connectivity index (χ0n) is 8.62. The first-order chi connectivity index (χ1) is 7.56. The Morgan fingerprint density at radius 3 is 2.88 bits per heavy atom. The number of pyridine rings is 2. The minimum absolute atomic E-state index is 0.0874. The molecule has 0 spiro atoms. The summed E-state index contributed by atoms with van der Waals surface area (Å²) in [4.78, 5) is 15.2. The van der Waals surface area contributed by atoms with Gasteiger partial charge in [0.15, 0.2) is 11.0 Å². The Morgan fingerprint density at radius 1 is 1.56 bits per heavy atom. The van der Waals surface area contributed by atoms with Crippen molar-refractivity contribution in [3.05, 3.63) is 33.6 Å². The van der Waals surface area contributed by atoms with Crippen molar-refractivity contribution in [1.29, 1.82) is 0 Å². The van der Waals surface area contributed by atoms with Gasteiger partial charge in [0.1, 0.15) is 5.75 Å². The molecule has 0 fully saturated rings. The second-order valence-electron chi connectivity index (χ2n) is 3.24. The highest BCUT2D eigenvalue weighted by Gasteiger charge is 2.14. The fourth-order valence-corrected chi connectivity index (χ4v) is 1.67. The third-order valence-electron chi connectivity index (χ3n) is 2.36. The highest BCUT2D eigenvalue weighted by molar-refractivity contribution is 6.30. The molecule has 2 aromatic heterocycles. The van der Waals surface area contributed by atoms with E-state index < -0.39 is 5.82 Å². The Morgan fingerprint density at radius 2 is 2.25 bits per heavy atom. The third kappa shape index (κ3) is 1.44. The van der Waals surface area contributed by atoms with E-state index in [1.165, 1.54) is 31.0 Å². The maximum atomic E-state index is 13.7. The summed E-state index contributed by atoms with van der Waals surface area (Å²) in [6.45, 7) is 0. The van der Waals surface area contributed by atoms with Gasteiger partial charge in [-0.3, -0.25) is 4.79 Å². The van der Waals surface area contributed by atoms with Gasteiger partial charge in [0, 0.05) is 19.3 Å². The normalized spacial score (nSPS) is 10.8. The number of nitrogens with zero attached hydrogens (tertiary/aromatic N) is 2. The third-order valence-corrected chi connectivity index (χ3v) is 2.62. The Balaban J connectivity index is 3.05. The lowest BCUT2D eigenvalue weighted by Crippen LogP contribution is -2.17. The van der Waals surface area contributed by atoms with E-state index in [0.717, 1.165) is 0 Å². The molecule has 0 aromatic carbocycles. The van der Waals surface area contributed by atoms with E-state index in [1.807, 2.05) is 0 Å². The fourth-order valence-electron chi connectivity index (χ4n) is 1.53. The van der Waals surface area contributed by atoms with Crippen LogP contribution in [0.2, 0.25) is 5.15 Å². The van der Waals surface area contributed by atoms with Crippen LogP contribution >= 0.6 is 11.6 Å². The number of aromatic nitrogens is 2. The molecule has 0 aliphatic carbocycles. The highest BCUT2D eigenvalue weighted by atomic mass is 35.5. The Bertz CT molecular complexity index is 624. The van der Waals surface area contributed by atoms with Crippen LogP contribution in [0.3, 0.4) is 0 Å². The predicted molar refractivity (Wildman–Crippen MR) is 58.5 cm³/mol. The molecule has 0 radical (unpaired) electrons. The lowest BCUT2D eigenvalue weighted by molar-refractivity contribution is 0.418.